The Labute approximate surface area is 232 Å². The van der Waals surface area contributed by atoms with Crippen molar-refractivity contribution in [2.45, 2.75) is 26.3 Å². The SMILES string of the molecule is Cc1c(CN=[N+]=[N-])cc(N2CCN(C(=O)OCC3c4ccccc4-c4ccccc43)CC2)c(C)c1OS(=O)(=O)F. The van der Waals surface area contributed by atoms with Crippen LogP contribution >= 0.6 is 0 Å². The molecule has 0 atom stereocenters. The van der Waals surface area contributed by atoms with Crippen molar-refractivity contribution in [3.8, 4) is 16.9 Å². The summed E-state index contributed by atoms with van der Waals surface area (Å²) in [5.74, 6) is -0.172. The number of azide groups is 1. The Bertz CT molecular complexity index is 1570. The average molecular weight is 566 g/mol. The molecular formula is C28H28FN5O5S. The van der Waals surface area contributed by atoms with Gasteiger partial charge in [0.2, 0.25) is 0 Å². The van der Waals surface area contributed by atoms with Crippen molar-refractivity contribution in [1.82, 2.24) is 4.90 Å². The first-order valence-corrected chi connectivity index (χ1v) is 14.1. The summed E-state index contributed by atoms with van der Waals surface area (Å²) in [6.45, 7) is 4.98. The Kier molecular flexibility index (Phi) is 7.55. The van der Waals surface area contributed by atoms with Gasteiger partial charge in [0, 0.05) is 48.3 Å². The predicted molar refractivity (Wildman–Crippen MR) is 148 cm³/mol. The maximum atomic E-state index is 13.5. The fourth-order valence-electron chi connectivity index (χ4n) is 5.57. The van der Waals surface area contributed by atoms with E-state index in [4.69, 9.17) is 10.3 Å². The van der Waals surface area contributed by atoms with Crippen molar-refractivity contribution in [2.75, 3.05) is 37.7 Å². The van der Waals surface area contributed by atoms with Crippen LogP contribution in [0, 0.1) is 13.8 Å². The molecule has 12 heteroatoms. The zero-order chi connectivity index (χ0) is 28.4. The normalized spacial score (nSPS) is 14.8. The Morgan fingerprint density at radius 1 is 1.02 bits per heavy atom. The van der Waals surface area contributed by atoms with Gasteiger partial charge in [-0.1, -0.05) is 57.5 Å². The number of nitrogens with zero attached hydrogens (tertiary/aromatic N) is 5. The molecule has 1 aliphatic heterocycles. The molecule has 0 spiro atoms. The van der Waals surface area contributed by atoms with E-state index in [1.54, 1.807) is 24.8 Å². The zero-order valence-corrected chi connectivity index (χ0v) is 22.9. The number of carbonyl (C=O) groups excluding carboxylic acids is 1. The van der Waals surface area contributed by atoms with Gasteiger partial charge in [-0.05, 0) is 58.8 Å². The molecule has 1 saturated heterocycles. The molecule has 1 fully saturated rings. The summed E-state index contributed by atoms with van der Waals surface area (Å²) < 4.78 is 46.5. The van der Waals surface area contributed by atoms with Crippen LogP contribution in [0.3, 0.4) is 0 Å². The third-order valence-electron chi connectivity index (χ3n) is 7.56. The van der Waals surface area contributed by atoms with Gasteiger partial charge in [0.15, 0.2) is 5.75 Å². The van der Waals surface area contributed by atoms with Crippen molar-refractivity contribution < 1.29 is 26.0 Å². The summed E-state index contributed by atoms with van der Waals surface area (Å²) in [6, 6.07) is 18.1. The van der Waals surface area contributed by atoms with Gasteiger partial charge in [-0.2, -0.15) is 8.42 Å². The van der Waals surface area contributed by atoms with Crippen LogP contribution in [0.15, 0.2) is 59.7 Å². The molecule has 208 valence electrons. The lowest BCUT2D eigenvalue weighted by molar-refractivity contribution is 0.0976. The lowest BCUT2D eigenvalue weighted by Crippen LogP contribution is -2.49. The largest absolute Gasteiger partial charge is 0.488 e. The van der Waals surface area contributed by atoms with E-state index in [-0.39, 0.29) is 24.8 Å². The maximum Gasteiger partial charge on any atom is 0.488 e. The van der Waals surface area contributed by atoms with Crippen LogP contribution in [-0.4, -0.2) is 52.2 Å². The predicted octanol–water partition coefficient (Wildman–Crippen LogP) is 5.78. The Hall–Kier alpha value is -4.28. The number of ether oxygens (including phenoxy) is 1. The summed E-state index contributed by atoms with van der Waals surface area (Å²) in [5, 5.41) is 3.57. The number of hydrogen-bond acceptors (Lipinski definition) is 7. The van der Waals surface area contributed by atoms with Crippen molar-refractivity contribution in [1.29, 1.82) is 0 Å². The van der Waals surface area contributed by atoms with Gasteiger partial charge in [-0.3, -0.25) is 0 Å². The van der Waals surface area contributed by atoms with E-state index in [1.807, 2.05) is 29.2 Å². The molecule has 40 heavy (non-hydrogen) atoms. The van der Waals surface area contributed by atoms with Crippen LogP contribution < -0.4 is 9.08 Å². The van der Waals surface area contributed by atoms with Crippen LogP contribution in [0.25, 0.3) is 21.6 Å². The summed E-state index contributed by atoms with van der Waals surface area (Å²) in [6.07, 6.45) is -0.404. The molecule has 5 rings (SSSR count). The van der Waals surface area contributed by atoms with Gasteiger partial charge in [-0.25, -0.2) is 4.79 Å². The zero-order valence-electron chi connectivity index (χ0n) is 22.1. The van der Waals surface area contributed by atoms with Crippen LogP contribution in [0.2, 0.25) is 0 Å². The molecular weight excluding hydrogens is 537 g/mol. The second-order valence-electron chi connectivity index (χ2n) is 9.78. The average Bonchev–Trinajstić information content (AvgIpc) is 3.27. The van der Waals surface area contributed by atoms with E-state index >= 15 is 0 Å². The van der Waals surface area contributed by atoms with E-state index in [9.17, 15) is 17.1 Å². The molecule has 3 aromatic carbocycles. The number of halogens is 1. The minimum Gasteiger partial charge on any atom is -0.448 e. The number of fused-ring (bicyclic) bond motifs is 3. The Morgan fingerprint density at radius 3 is 2.20 bits per heavy atom. The molecule has 1 heterocycles. The third-order valence-corrected chi connectivity index (χ3v) is 7.93. The van der Waals surface area contributed by atoms with E-state index in [0.717, 1.165) is 22.3 Å². The van der Waals surface area contributed by atoms with Crippen LogP contribution in [-0.2, 0) is 21.8 Å². The van der Waals surface area contributed by atoms with Crippen molar-refractivity contribution in [3.63, 3.8) is 0 Å². The highest BCUT2D eigenvalue weighted by Gasteiger charge is 2.31. The maximum absolute atomic E-state index is 13.5. The Morgan fingerprint density at radius 2 is 1.62 bits per heavy atom. The van der Waals surface area contributed by atoms with Crippen molar-refractivity contribution in [2.24, 2.45) is 5.11 Å². The number of benzene rings is 3. The molecule has 10 nitrogen and oxygen atoms in total. The minimum atomic E-state index is -5.27. The summed E-state index contributed by atoms with van der Waals surface area (Å²) in [4.78, 5) is 19.4. The lowest BCUT2D eigenvalue weighted by atomic mass is 9.98. The van der Waals surface area contributed by atoms with E-state index in [1.165, 1.54) is 0 Å². The molecule has 1 aliphatic carbocycles. The fourth-order valence-corrected chi connectivity index (χ4v) is 6.01. The number of hydrogen-bond donors (Lipinski definition) is 0. The highest BCUT2D eigenvalue weighted by Crippen LogP contribution is 2.44. The van der Waals surface area contributed by atoms with Gasteiger partial charge in [-0.15, -0.1) is 0 Å². The second-order valence-corrected chi connectivity index (χ2v) is 10.7. The van der Waals surface area contributed by atoms with E-state index < -0.39 is 16.6 Å². The molecule has 1 amide bonds. The molecule has 0 saturated carbocycles. The van der Waals surface area contributed by atoms with Crippen LogP contribution in [0.1, 0.15) is 33.7 Å². The smallest absolute Gasteiger partial charge is 0.448 e. The first-order valence-electron chi connectivity index (χ1n) is 12.8. The fraction of sp³-hybridized carbons (Fsp3) is 0.321. The molecule has 0 unspecified atom stereocenters. The lowest BCUT2D eigenvalue weighted by Gasteiger charge is -2.37. The van der Waals surface area contributed by atoms with Gasteiger partial charge in [0.05, 0.1) is 6.54 Å². The van der Waals surface area contributed by atoms with Gasteiger partial charge in [0.25, 0.3) is 0 Å². The standard InChI is InChI=1S/C28H28FN5O5S/c1-18-20(16-31-32-30)15-26(19(2)27(18)39-40(29,36)37)33-11-13-34(14-12-33)28(35)38-17-25-23-9-5-3-7-21(23)22-8-4-6-10-24(22)25/h3-10,15,25H,11-14,16-17H2,1-2H3. The minimum absolute atomic E-state index is 0.0347. The van der Waals surface area contributed by atoms with Gasteiger partial charge >= 0.3 is 16.6 Å². The first kappa shape index (κ1) is 27.3. The molecule has 0 aromatic heterocycles. The quantitative estimate of drug-likeness (QED) is 0.155. The molecule has 0 bridgehead atoms. The van der Waals surface area contributed by atoms with E-state index in [2.05, 4.69) is 38.5 Å². The van der Waals surface area contributed by atoms with Crippen LogP contribution in [0.5, 0.6) is 5.75 Å². The van der Waals surface area contributed by atoms with Crippen molar-refractivity contribution in [3.05, 3.63) is 92.9 Å². The third kappa shape index (κ3) is 5.41. The molecule has 2 aliphatic rings. The van der Waals surface area contributed by atoms with Gasteiger partial charge < -0.3 is 18.7 Å². The highest BCUT2D eigenvalue weighted by molar-refractivity contribution is 7.81. The van der Waals surface area contributed by atoms with E-state index in [0.29, 0.717) is 48.6 Å². The molecule has 0 radical (unpaired) electrons. The number of carbonyl (C=O) groups is 1. The Balaban J connectivity index is 1.28. The van der Waals surface area contributed by atoms with Crippen LogP contribution in [0.4, 0.5) is 14.4 Å². The molecule has 0 N–H and O–H groups in total. The number of amides is 1. The van der Waals surface area contributed by atoms with Crippen molar-refractivity contribution >= 4 is 22.3 Å². The monoisotopic (exact) mass is 565 g/mol. The summed E-state index contributed by atoms with van der Waals surface area (Å²) >= 11 is 0. The number of anilines is 1. The first-order chi connectivity index (χ1) is 19.2. The van der Waals surface area contributed by atoms with Gasteiger partial charge in [0.1, 0.15) is 6.61 Å². The summed E-state index contributed by atoms with van der Waals surface area (Å²) in [7, 11) is -5.27. The summed E-state index contributed by atoms with van der Waals surface area (Å²) in [5.41, 5.74) is 15.3. The number of piperazine rings is 1. The molecule has 3 aromatic rings. The second kappa shape index (κ2) is 11.1. The number of rotatable bonds is 7. The highest BCUT2D eigenvalue weighted by atomic mass is 32.3. The topological polar surface area (TPSA) is 125 Å².